The minimum absolute atomic E-state index is 0.0338. The number of amides is 1. The Kier molecular flexibility index (Phi) is 5.28. The molecule has 24 heavy (non-hydrogen) atoms. The quantitative estimate of drug-likeness (QED) is 0.800. The van der Waals surface area contributed by atoms with Gasteiger partial charge in [-0.25, -0.2) is 18.4 Å². The minimum Gasteiger partial charge on any atom is -0.478 e. The third kappa shape index (κ3) is 4.17. The number of hydrogen-bond donors (Lipinski definition) is 2. The molecule has 0 radical (unpaired) electrons. The summed E-state index contributed by atoms with van der Waals surface area (Å²) in [4.78, 5) is 19.0. The number of carbonyl (C=O) groups is 1. The van der Waals surface area contributed by atoms with Gasteiger partial charge in [0.25, 0.3) is 15.9 Å². The molecule has 0 saturated carbocycles. The summed E-state index contributed by atoms with van der Waals surface area (Å²) < 4.78 is 31.9. The molecule has 0 bridgehead atoms. The lowest BCUT2D eigenvalue weighted by molar-refractivity contribution is -0.115. The molecule has 0 unspecified atom stereocenters. The molecule has 1 aromatic carbocycles. The molecule has 0 atom stereocenters. The number of nitrogens with one attached hydrogen (secondary N) is 2. The lowest BCUT2D eigenvalue weighted by atomic mass is 10.3. The monoisotopic (exact) mass is 347 g/mol. The van der Waals surface area contributed by atoms with Gasteiger partial charge < -0.3 is 10.1 Å². The van der Waals surface area contributed by atoms with Gasteiger partial charge in [-0.05, 0) is 24.3 Å². The summed E-state index contributed by atoms with van der Waals surface area (Å²) in [5.41, 5.74) is 0.381. The summed E-state index contributed by atoms with van der Waals surface area (Å²) in [6.07, 6.45) is 2.41. The van der Waals surface area contributed by atoms with Crippen LogP contribution >= 0.6 is 0 Å². The van der Waals surface area contributed by atoms with E-state index in [1.807, 2.05) is 0 Å². The molecule has 0 aliphatic carbocycles. The number of benzene rings is 1. The second-order valence-electron chi connectivity index (χ2n) is 4.43. The Bertz CT molecular complexity index is 875. The predicted molar refractivity (Wildman–Crippen MR) is 84.7 cm³/mol. The Hall–Kier alpha value is -3.19. The number of nitrogens with zero attached hydrogens (tertiary/aromatic N) is 3. The van der Waals surface area contributed by atoms with Crippen LogP contribution in [-0.2, 0) is 14.8 Å². The van der Waals surface area contributed by atoms with E-state index < -0.39 is 15.9 Å². The Balaban J connectivity index is 2.18. The molecule has 2 rings (SSSR count). The molecular weight excluding hydrogens is 334 g/mol. The number of rotatable bonds is 6. The fourth-order valence-corrected chi connectivity index (χ4v) is 2.73. The zero-order valence-corrected chi connectivity index (χ0v) is 13.4. The van der Waals surface area contributed by atoms with E-state index in [1.165, 1.54) is 43.8 Å². The van der Waals surface area contributed by atoms with Crippen molar-refractivity contribution in [2.75, 3.05) is 17.1 Å². The molecule has 1 aromatic heterocycles. The van der Waals surface area contributed by atoms with Crippen molar-refractivity contribution in [3.05, 3.63) is 36.7 Å². The van der Waals surface area contributed by atoms with Gasteiger partial charge >= 0.3 is 0 Å². The van der Waals surface area contributed by atoms with Crippen LogP contribution in [0.3, 0.4) is 0 Å². The Morgan fingerprint density at radius 2 is 1.92 bits per heavy atom. The second kappa shape index (κ2) is 7.38. The number of sulfonamides is 1. The normalized spacial score (nSPS) is 10.5. The zero-order chi connectivity index (χ0) is 17.6. The number of methoxy groups -OCH3 is 1. The summed E-state index contributed by atoms with van der Waals surface area (Å²) in [6, 6.07) is 7.17. The van der Waals surface area contributed by atoms with Gasteiger partial charge in [-0.2, -0.15) is 5.26 Å². The summed E-state index contributed by atoms with van der Waals surface area (Å²) in [5, 5.41) is 10.9. The molecule has 0 spiro atoms. The first-order valence-corrected chi connectivity index (χ1v) is 8.09. The van der Waals surface area contributed by atoms with Crippen LogP contribution in [0.4, 0.5) is 11.5 Å². The lowest BCUT2D eigenvalue weighted by Crippen LogP contribution is -2.15. The SMILES string of the molecule is COc1nccnc1NS(=O)(=O)c1ccc(NC(=O)CC#N)cc1. The molecule has 2 aromatic rings. The van der Waals surface area contributed by atoms with Crippen LogP contribution in [0.5, 0.6) is 5.88 Å². The molecule has 0 fully saturated rings. The first-order chi connectivity index (χ1) is 11.5. The van der Waals surface area contributed by atoms with E-state index >= 15 is 0 Å². The van der Waals surface area contributed by atoms with Crippen LogP contribution in [0.2, 0.25) is 0 Å². The topological polar surface area (TPSA) is 134 Å². The molecule has 0 saturated heterocycles. The molecule has 0 aliphatic heterocycles. The smallest absolute Gasteiger partial charge is 0.263 e. The summed E-state index contributed by atoms with van der Waals surface area (Å²) >= 11 is 0. The van der Waals surface area contributed by atoms with Crippen LogP contribution in [-0.4, -0.2) is 31.4 Å². The third-order valence-electron chi connectivity index (χ3n) is 2.78. The Morgan fingerprint density at radius 1 is 1.25 bits per heavy atom. The molecule has 124 valence electrons. The van der Waals surface area contributed by atoms with E-state index in [1.54, 1.807) is 6.07 Å². The van der Waals surface area contributed by atoms with Crippen LogP contribution < -0.4 is 14.8 Å². The zero-order valence-electron chi connectivity index (χ0n) is 12.6. The van der Waals surface area contributed by atoms with Gasteiger partial charge in [-0.1, -0.05) is 0 Å². The van der Waals surface area contributed by atoms with Crippen molar-refractivity contribution in [1.82, 2.24) is 9.97 Å². The maximum atomic E-state index is 12.3. The van der Waals surface area contributed by atoms with Crippen molar-refractivity contribution < 1.29 is 17.9 Å². The van der Waals surface area contributed by atoms with E-state index in [0.29, 0.717) is 5.69 Å². The van der Waals surface area contributed by atoms with E-state index in [2.05, 4.69) is 20.0 Å². The van der Waals surface area contributed by atoms with E-state index in [4.69, 9.17) is 10.00 Å². The van der Waals surface area contributed by atoms with Crippen LogP contribution in [0.15, 0.2) is 41.6 Å². The van der Waals surface area contributed by atoms with Crippen LogP contribution in [0, 0.1) is 11.3 Å². The number of nitriles is 1. The van der Waals surface area contributed by atoms with Gasteiger partial charge in [0.05, 0.1) is 18.1 Å². The summed E-state index contributed by atoms with van der Waals surface area (Å²) in [6.45, 7) is 0. The summed E-state index contributed by atoms with van der Waals surface area (Å²) in [5.74, 6) is -0.469. The second-order valence-corrected chi connectivity index (χ2v) is 6.11. The molecule has 2 N–H and O–H groups in total. The first-order valence-electron chi connectivity index (χ1n) is 6.61. The average Bonchev–Trinajstić information content (AvgIpc) is 2.55. The molecule has 1 amide bonds. The van der Waals surface area contributed by atoms with Gasteiger partial charge in [0.2, 0.25) is 11.7 Å². The molecule has 1 heterocycles. The number of anilines is 2. The highest BCUT2D eigenvalue weighted by molar-refractivity contribution is 7.92. The maximum absolute atomic E-state index is 12.3. The largest absolute Gasteiger partial charge is 0.478 e. The number of ether oxygens (including phenoxy) is 1. The molecule has 0 aliphatic rings. The third-order valence-corrected chi connectivity index (χ3v) is 4.13. The van der Waals surface area contributed by atoms with E-state index in [0.717, 1.165) is 0 Å². The predicted octanol–water partition coefficient (Wildman–Crippen LogP) is 1.14. The minimum atomic E-state index is -3.90. The van der Waals surface area contributed by atoms with E-state index in [9.17, 15) is 13.2 Å². The average molecular weight is 347 g/mol. The van der Waals surface area contributed by atoms with Crippen molar-refractivity contribution in [2.24, 2.45) is 0 Å². The van der Waals surface area contributed by atoms with Crippen molar-refractivity contribution in [2.45, 2.75) is 11.3 Å². The highest BCUT2D eigenvalue weighted by Gasteiger charge is 2.18. The van der Waals surface area contributed by atoms with Crippen molar-refractivity contribution in [3.8, 4) is 11.9 Å². The van der Waals surface area contributed by atoms with Gasteiger partial charge in [0, 0.05) is 18.1 Å². The van der Waals surface area contributed by atoms with Crippen molar-refractivity contribution >= 4 is 27.4 Å². The van der Waals surface area contributed by atoms with Gasteiger partial charge in [0.1, 0.15) is 6.42 Å². The number of carbonyl (C=O) groups excluding carboxylic acids is 1. The molecule has 9 nitrogen and oxygen atoms in total. The highest BCUT2D eigenvalue weighted by Crippen LogP contribution is 2.22. The van der Waals surface area contributed by atoms with Crippen LogP contribution in [0.1, 0.15) is 6.42 Å². The van der Waals surface area contributed by atoms with Crippen molar-refractivity contribution in [3.63, 3.8) is 0 Å². The Morgan fingerprint density at radius 3 is 2.54 bits per heavy atom. The molecular formula is C14H13N5O4S. The molecule has 10 heteroatoms. The number of hydrogen-bond acceptors (Lipinski definition) is 7. The fraction of sp³-hybridized carbons (Fsp3) is 0.143. The van der Waals surface area contributed by atoms with Gasteiger partial charge in [-0.3, -0.25) is 9.52 Å². The van der Waals surface area contributed by atoms with Gasteiger partial charge in [-0.15, -0.1) is 0 Å². The van der Waals surface area contributed by atoms with Crippen LogP contribution in [0.25, 0.3) is 0 Å². The standard InChI is InChI=1S/C14H13N5O4S/c1-23-14-13(16-8-9-17-14)19-24(21,22)11-4-2-10(3-5-11)18-12(20)6-7-15/h2-5,8-9H,6H2,1H3,(H,16,19)(H,18,20). The summed E-state index contributed by atoms with van der Waals surface area (Å²) in [7, 11) is -2.55. The maximum Gasteiger partial charge on any atom is 0.263 e. The number of aromatic nitrogens is 2. The first kappa shape index (κ1) is 17.2. The van der Waals surface area contributed by atoms with Crippen molar-refractivity contribution in [1.29, 1.82) is 5.26 Å². The van der Waals surface area contributed by atoms with Gasteiger partial charge in [0.15, 0.2) is 0 Å². The van der Waals surface area contributed by atoms with E-state index in [-0.39, 0.29) is 23.0 Å². The lowest BCUT2D eigenvalue weighted by Gasteiger charge is -2.10. The highest BCUT2D eigenvalue weighted by atomic mass is 32.2. The Labute approximate surface area is 138 Å². The fourth-order valence-electron chi connectivity index (χ4n) is 1.73.